The summed E-state index contributed by atoms with van der Waals surface area (Å²) in [5, 5.41) is 0. The van der Waals surface area contributed by atoms with E-state index in [1.165, 1.54) is 0 Å². The molecule has 7 heteroatoms. The molecule has 0 fully saturated rings. The number of rotatable bonds is 1. The van der Waals surface area contributed by atoms with Crippen molar-refractivity contribution in [2.45, 2.75) is 6.42 Å². The minimum absolute atomic E-state index is 0.471. The predicted molar refractivity (Wildman–Crippen MR) is 87.9 cm³/mol. The van der Waals surface area contributed by atoms with Crippen molar-refractivity contribution in [1.29, 1.82) is 0 Å². The Labute approximate surface area is 138 Å². The summed E-state index contributed by atoms with van der Waals surface area (Å²) in [4.78, 5) is 8.61. The monoisotopic (exact) mass is 447 g/mol. The first-order chi connectivity index (χ1) is 9.65. The lowest BCUT2D eigenvalue weighted by atomic mass is 10.2. The molecule has 1 aliphatic heterocycles. The highest BCUT2D eigenvalue weighted by atomic mass is 127. The number of ether oxygens (including phenoxy) is 2. The quantitative estimate of drug-likeness (QED) is 0.679. The summed E-state index contributed by atoms with van der Waals surface area (Å²) in [5.74, 6) is 2.47. The largest absolute Gasteiger partial charge is 0.489 e. The van der Waals surface area contributed by atoms with Gasteiger partial charge in [0, 0.05) is 18.2 Å². The first-order valence-corrected chi connectivity index (χ1v) is 7.90. The summed E-state index contributed by atoms with van der Waals surface area (Å²) in [6.07, 6.45) is 2.57. The molecule has 2 aromatic rings. The van der Waals surface area contributed by atoms with Crippen LogP contribution in [0.1, 0.15) is 6.42 Å². The molecule has 0 amide bonds. The summed E-state index contributed by atoms with van der Waals surface area (Å²) in [7, 11) is 0. The van der Waals surface area contributed by atoms with Crippen molar-refractivity contribution in [2.24, 2.45) is 0 Å². The van der Waals surface area contributed by atoms with Gasteiger partial charge in [0.15, 0.2) is 17.3 Å². The Balaban J connectivity index is 2.08. The van der Waals surface area contributed by atoms with Gasteiger partial charge in [0.05, 0.1) is 21.3 Å². The smallest absolute Gasteiger partial charge is 0.175 e. The second-order valence-electron chi connectivity index (χ2n) is 4.26. The van der Waals surface area contributed by atoms with Crippen molar-refractivity contribution >= 4 is 44.3 Å². The molecule has 2 N–H and O–H groups in total. The van der Waals surface area contributed by atoms with E-state index in [0.29, 0.717) is 30.6 Å². The van der Waals surface area contributed by atoms with Gasteiger partial charge in [0.25, 0.3) is 0 Å². The number of halogens is 2. The fourth-order valence-corrected chi connectivity index (χ4v) is 2.70. The average Bonchev–Trinajstić information content (AvgIpc) is 2.67. The molecule has 0 saturated heterocycles. The number of aromatic nitrogens is 2. The molecule has 2 heterocycles. The summed E-state index contributed by atoms with van der Waals surface area (Å²) in [5.41, 5.74) is 6.67. The predicted octanol–water partition coefficient (Wildman–Crippen LogP) is 3.25. The van der Waals surface area contributed by atoms with Gasteiger partial charge in [0.2, 0.25) is 0 Å². The molecule has 0 radical (unpaired) electrons. The van der Waals surface area contributed by atoms with Crippen molar-refractivity contribution < 1.29 is 9.47 Å². The lowest BCUT2D eigenvalue weighted by Crippen LogP contribution is -1.99. The SMILES string of the molecule is Nc1nc(-c2cc(Br)c3c(c2)OCCCO3)ncc1I. The van der Waals surface area contributed by atoms with Gasteiger partial charge in [-0.15, -0.1) is 0 Å². The number of nitrogens with zero attached hydrogens (tertiary/aromatic N) is 2. The summed E-state index contributed by atoms with van der Waals surface area (Å²) < 4.78 is 13.0. The Kier molecular flexibility index (Phi) is 3.97. The van der Waals surface area contributed by atoms with Crippen LogP contribution in [0.2, 0.25) is 0 Å². The fourth-order valence-electron chi connectivity index (χ4n) is 1.88. The number of nitrogens with two attached hydrogens (primary N) is 1. The number of hydrogen-bond donors (Lipinski definition) is 1. The minimum atomic E-state index is 0.471. The third-order valence-corrected chi connectivity index (χ3v) is 4.25. The van der Waals surface area contributed by atoms with Crippen LogP contribution in [0.3, 0.4) is 0 Å². The van der Waals surface area contributed by atoms with Gasteiger partial charge in [-0.1, -0.05) is 0 Å². The van der Waals surface area contributed by atoms with Gasteiger partial charge in [-0.2, -0.15) is 0 Å². The molecular weight excluding hydrogens is 437 g/mol. The van der Waals surface area contributed by atoms with Crippen LogP contribution in [-0.4, -0.2) is 23.2 Å². The van der Waals surface area contributed by atoms with Crippen molar-refractivity contribution in [1.82, 2.24) is 9.97 Å². The maximum Gasteiger partial charge on any atom is 0.175 e. The molecule has 1 aliphatic rings. The number of benzene rings is 1. The Morgan fingerprint density at radius 2 is 2.05 bits per heavy atom. The van der Waals surface area contributed by atoms with Crippen molar-refractivity contribution in [3.8, 4) is 22.9 Å². The summed E-state index contributed by atoms with van der Waals surface area (Å²) in [6, 6.07) is 3.79. The first kappa shape index (κ1) is 13.9. The molecular formula is C13H11BrIN3O2. The molecule has 0 atom stereocenters. The van der Waals surface area contributed by atoms with Gasteiger partial charge in [-0.25, -0.2) is 9.97 Å². The molecule has 0 spiro atoms. The van der Waals surface area contributed by atoms with E-state index >= 15 is 0 Å². The highest BCUT2D eigenvalue weighted by Crippen LogP contribution is 2.40. The van der Waals surface area contributed by atoms with Crippen LogP contribution < -0.4 is 15.2 Å². The third-order valence-electron chi connectivity index (χ3n) is 2.83. The maximum absolute atomic E-state index is 5.83. The first-order valence-electron chi connectivity index (χ1n) is 6.02. The molecule has 0 saturated carbocycles. The van der Waals surface area contributed by atoms with E-state index in [9.17, 15) is 0 Å². The molecule has 0 bridgehead atoms. The second-order valence-corrected chi connectivity index (χ2v) is 6.28. The second kappa shape index (κ2) is 5.72. The zero-order valence-electron chi connectivity index (χ0n) is 10.4. The normalized spacial score (nSPS) is 13.9. The van der Waals surface area contributed by atoms with Gasteiger partial charge < -0.3 is 15.2 Å². The number of nitrogen functional groups attached to an aromatic ring is 1. The molecule has 0 aliphatic carbocycles. The highest BCUT2D eigenvalue weighted by Gasteiger charge is 2.17. The van der Waals surface area contributed by atoms with E-state index in [0.717, 1.165) is 25.8 Å². The van der Waals surface area contributed by atoms with Crippen LogP contribution >= 0.6 is 38.5 Å². The van der Waals surface area contributed by atoms with E-state index in [4.69, 9.17) is 15.2 Å². The molecule has 1 aromatic carbocycles. The Hall–Kier alpha value is -1.09. The van der Waals surface area contributed by atoms with Crippen molar-refractivity contribution in [3.63, 3.8) is 0 Å². The Bertz CT molecular complexity index is 666. The number of anilines is 1. The number of hydrogen-bond acceptors (Lipinski definition) is 5. The summed E-state index contributed by atoms with van der Waals surface area (Å²) in [6.45, 7) is 1.29. The summed E-state index contributed by atoms with van der Waals surface area (Å²) >= 11 is 5.61. The maximum atomic E-state index is 5.83. The Morgan fingerprint density at radius 3 is 2.85 bits per heavy atom. The zero-order chi connectivity index (χ0) is 14.1. The van der Waals surface area contributed by atoms with Crippen LogP contribution in [0, 0.1) is 3.57 Å². The highest BCUT2D eigenvalue weighted by molar-refractivity contribution is 14.1. The fraction of sp³-hybridized carbons (Fsp3) is 0.231. The molecule has 5 nitrogen and oxygen atoms in total. The number of fused-ring (bicyclic) bond motifs is 1. The van der Waals surface area contributed by atoms with Crippen molar-refractivity contribution in [2.75, 3.05) is 18.9 Å². The van der Waals surface area contributed by atoms with Crippen LogP contribution in [0.15, 0.2) is 22.8 Å². The molecule has 0 unspecified atom stereocenters. The van der Waals surface area contributed by atoms with E-state index < -0.39 is 0 Å². The third kappa shape index (κ3) is 2.69. The van der Waals surface area contributed by atoms with Crippen molar-refractivity contribution in [3.05, 3.63) is 26.4 Å². The van der Waals surface area contributed by atoms with Gasteiger partial charge in [0.1, 0.15) is 5.82 Å². The van der Waals surface area contributed by atoms with Gasteiger partial charge >= 0.3 is 0 Å². The van der Waals surface area contributed by atoms with Gasteiger partial charge in [-0.05, 0) is 50.7 Å². The molecule has 104 valence electrons. The standard InChI is InChI=1S/C13H11BrIN3O2/c14-8-4-7(13-17-6-9(15)12(16)18-13)5-10-11(8)20-3-1-2-19-10/h4-6H,1-3H2,(H2,16,17,18). The van der Waals surface area contributed by atoms with E-state index in [2.05, 4.69) is 48.5 Å². The van der Waals surface area contributed by atoms with E-state index in [1.54, 1.807) is 6.20 Å². The van der Waals surface area contributed by atoms with E-state index in [1.807, 2.05) is 12.1 Å². The van der Waals surface area contributed by atoms with Crippen LogP contribution in [-0.2, 0) is 0 Å². The topological polar surface area (TPSA) is 70.3 Å². The Morgan fingerprint density at radius 1 is 1.25 bits per heavy atom. The lowest BCUT2D eigenvalue weighted by Gasteiger charge is -2.11. The molecule has 3 rings (SSSR count). The van der Waals surface area contributed by atoms with Gasteiger partial charge in [-0.3, -0.25) is 0 Å². The zero-order valence-corrected chi connectivity index (χ0v) is 14.1. The van der Waals surface area contributed by atoms with E-state index in [-0.39, 0.29) is 0 Å². The minimum Gasteiger partial charge on any atom is -0.489 e. The lowest BCUT2D eigenvalue weighted by molar-refractivity contribution is 0.296. The average molecular weight is 448 g/mol. The molecule has 1 aromatic heterocycles. The van der Waals surface area contributed by atoms with Crippen LogP contribution in [0.4, 0.5) is 5.82 Å². The van der Waals surface area contributed by atoms with Crippen LogP contribution in [0.5, 0.6) is 11.5 Å². The molecule has 20 heavy (non-hydrogen) atoms. The van der Waals surface area contributed by atoms with Crippen LogP contribution in [0.25, 0.3) is 11.4 Å².